The summed E-state index contributed by atoms with van der Waals surface area (Å²) in [5, 5.41) is 4.91. The standard InChI is InChI=1S/C27H25ClIN3O3S/c1-17(26-22(28)9-6-10-23(26)29)27(33)30-18-13-15-19(16-14-18)31-36(34,35)25-12-5-7-20-21(25)8-4-11-24(20)32(2)3/h4-17,31H,1-3H3,(H,30,33). The Hall–Kier alpha value is -2.82. The minimum Gasteiger partial charge on any atom is -0.377 e. The summed E-state index contributed by atoms with van der Waals surface area (Å²) in [6.07, 6.45) is 0. The van der Waals surface area contributed by atoms with Gasteiger partial charge in [0.05, 0.1) is 10.8 Å². The molecule has 1 atom stereocenters. The first kappa shape index (κ1) is 26.2. The highest BCUT2D eigenvalue weighted by Crippen LogP contribution is 2.32. The number of fused-ring (bicyclic) bond motifs is 1. The number of rotatable bonds is 7. The van der Waals surface area contributed by atoms with Crippen molar-refractivity contribution < 1.29 is 13.2 Å². The summed E-state index contributed by atoms with van der Waals surface area (Å²) in [5.74, 6) is -0.663. The van der Waals surface area contributed by atoms with Gasteiger partial charge in [-0.05, 0) is 83.6 Å². The van der Waals surface area contributed by atoms with Gasteiger partial charge >= 0.3 is 0 Å². The van der Waals surface area contributed by atoms with Crippen LogP contribution in [0.1, 0.15) is 18.4 Å². The third-order valence-electron chi connectivity index (χ3n) is 5.86. The zero-order chi connectivity index (χ0) is 26.0. The minimum atomic E-state index is -3.85. The molecule has 2 N–H and O–H groups in total. The van der Waals surface area contributed by atoms with Crippen LogP contribution in [0.2, 0.25) is 5.02 Å². The number of anilines is 3. The van der Waals surface area contributed by atoms with E-state index in [2.05, 4.69) is 32.6 Å². The Labute approximate surface area is 229 Å². The molecule has 0 radical (unpaired) electrons. The van der Waals surface area contributed by atoms with Gasteiger partial charge in [0, 0.05) is 50.5 Å². The molecule has 6 nitrogen and oxygen atoms in total. The molecule has 0 saturated heterocycles. The molecule has 0 fully saturated rings. The molecule has 1 unspecified atom stereocenters. The van der Waals surface area contributed by atoms with Gasteiger partial charge in [-0.25, -0.2) is 8.42 Å². The highest BCUT2D eigenvalue weighted by Gasteiger charge is 2.21. The third kappa shape index (κ3) is 5.45. The maximum Gasteiger partial charge on any atom is 0.262 e. The number of carbonyl (C=O) groups excluding carboxylic acids is 1. The van der Waals surface area contributed by atoms with Crippen molar-refractivity contribution in [2.45, 2.75) is 17.7 Å². The molecule has 0 spiro atoms. The Bertz CT molecular complexity index is 1520. The van der Waals surface area contributed by atoms with Crippen LogP contribution in [0.3, 0.4) is 0 Å². The van der Waals surface area contributed by atoms with E-state index in [4.69, 9.17) is 11.6 Å². The predicted molar refractivity (Wildman–Crippen MR) is 157 cm³/mol. The molecular formula is C27H25ClIN3O3S. The molecule has 4 rings (SSSR count). The Morgan fingerprint density at radius 2 is 1.50 bits per heavy atom. The Balaban J connectivity index is 1.53. The van der Waals surface area contributed by atoms with E-state index >= 15 is 0 Å². The summed E-state index contributed by atoms with van der Waals surface area (Å²) in [5.41, 5.74) is 2.65. The van der Waals surface area contributed by atoms with E-state index < -0.39 is 15.9 Å². The maximum absolute atomic E-state index is 13.3. The number of sulfonamides is 1. The molecule has 4 aromatic carbocycles. The number of carbonyl (C=O) groups is 1. The van der Waals surface area contributed by atoms with Crippen LogP contribution in [-0.2, 0) is 14.8 Å². The number of halogens is 2. The van der Waals surface area contributed by atoms with Gasteiger partial charge in [-0.3, -0.25) is 9.52 Å². The van der Waals surface area contributed by atoms with Crippen LogP contribution in [0.5, 0.6) is 0 Å². The normalized spacial score (nSPS) is 12.2. The van der Waals surface area contributed by atoms with Crippen LogP contribution in [0, 0.1) is 3.57 Å². The first-order valence-electron chi connectivity index (χ1n) is 11.1. The second-order valence-corrected chi connectivity index (χ2v) is 11.8. The third-order valence-corrected chi connectivity index (χ3v) is 8.57. The molecule has 0 aliphatic heterocycles. The average Bonchev–Trinajstić information content (AvgIpc) is 2.84. The summed E-state index contributed by atoms with van der Waals surface area (Å²) in [6, 6.07) is 22.9. The SMILES string of the molecule is CC(C(=O)Nc1ccc(NS(=O)(=O)c2cccc3c(N(C)C)cccc23)cc1)c1c(Cl)cccc1I. The smallest absolute Gasteiger partial charge is 0.262 e. The molecule has 4 aromatic rings. The van der Waals surface area contributed by atoms with Crippen LogP contribution in [0.25, 0.3) is 10.8 Å². The lowest BCUT2D eigenvalue weighted by atomic mass is 10.0. The molecule has 186 valence electrons. The topological polar surface area (TPSA) is 78.5 Å². The summed E-state index contributed by atoms with van der Waals surface area (Å²) in [7, 11) is -0.00636. The molecule has 0 aliphatic carbocycles. The number of benzene rings is 4. The van der Waals surface area contributed by atoms with E-state index in [-0.39, 0.29) is 10.8 Å². The van der Waals surface area contributed by atoms with Gasteiger partial charge in [0.1, 0.15) is 0 Å². The van der Waals surface area contributed by atoms with Crippen molar-refractivity contribution in [3.63, 3.8) is 0 Å². The van der Waals surface area contributed by atoms with E-state index in [9.17, 15) is 13.2 Å². The second-order valence-electron chi connectivity index (χ2n) is 8.55. The van der Waals surface area contributed by atoms with Crippen molar-refractivity contribution in [3.8, 4) is 0 Å². The molecule has 0 saturated carbocycles. The van der Waals surface area contributed by atoms with E-state index in [1.54, 1.807) is 55.5 Å². The number of nitrogens with one attached hydrogen (secondary N) is 2. The molecule has 0 heterocycles. The zero-order valence-corrected chi connectivity index (χ0v) is 23.6. The molecule has 0 bridgehead atoms. The number of nitrogens with zero attached hydrogens (tertiary/aromatic N) is 1. The lowest BCUT2D eigenvalue weighted by Gasteiger charge is -2.17. The summed E-state index contributed by atoms with van der Waals surface area (Å²) < 4.78 is 30.1. The fourth-order valence-electron chi connectivity index (χ4n) is 4.03. The van der Waals surface area contributed by atoms with Crippen molar-refractivity contribution >= 4 is 78.0 Å². The van der Waals surface area contributed by atoms with Gasteiger partial charge < -0.3 is 10.2 Å². The van der Waals surface area contributed by atoms with Crippen molar-refractivity contribution in [2.75, 3.05) is 29.0 Å². The van der Waals surface area contributed by atoms with Crippen LogP contribution in [0.4, 0.5) is 17.1 Å². The highest BCUT2D eigenvalue weighted by atomic mass is 127. The lowest BCUT2D eigenvalue weighted by Crippen LogP contribution is -2.20. The largest absolute Gasteiger partial charge is 0.377 e. The zero-order valence-electron chi connectivity index (χ0n) is 19.9. The molecule has 9 heteroatoms. The molecule has 1 amide bonds. The van der Waals surface area contributed by atoms with Crippen molar-refractivity contribution in [1.29, 1.82) is 0 Å². The van der Waals surface area contributed by atoms with Gasteiger partial charge in [-0.2, -0.15) is 0 Å². The van der Waals surface area contributed by atoms with Gasteiger partial charge in [-0.15, -0.1) is 0 Å². The van der Waals surface area contributed by atoms with Gasteiger partial charge in [-0.1, -0.05) is 41.9 Å². The number of amides is 1. The van der Waals surface area contributed by atoms with Gasteiger partial charge in [0.15, 0.2) is 0 Å². The summed E-state index contributed by atoms with van der Waals surface area (Å²) in [4.78, 5) is 15.0. The van der Waals surface area contributed by atoms with Gasteiger partial charge in [0.25, 0.3) is 10.0 Å². The van der Waals surface area contributed by atoms with Crippen LogP contribution in [0.15, 0.2) is 83.8 Å². The average molecular weight is 634 g/mol. The maximum atomic E-state index is 13.3. The summed E-state index contributed by atoms with van der Waals surface area (Å²) >= 11 is 8.48. The Morgan fingerprint density at radius 3 is 2.17 bits per heavy atom. The number of hydrogen-bond donors (Lipinski definition) is 2. The quantitative estimate of drug-likeness (QED) is 0.222. The van der Waals surface area contributed by atoms with E-state index in [0.717, 1.165) is 20.2 Å². The molecule has 0 aromatic heterocycles. The molecule has 0 aliphatic rings. The molecular weight excluding hydrogens is 609 g/mol. The molecule has 36 heavy (non-hydrogen) atoms. The fraction of sp³-hybridized carbons (Fsp3) is 0.148. The second kappa shape index (κ2) is 10.7. The monoisotopic (exact) mass is 633 g/mol. The predicted octanol–water partition coefficient (Wildman–Crippen LogP) is 6.71. The van der Waals surface area contributed by atoms with Crippen molar-refractivity contribution in [2.24, 2.45) is 0 Å². The van der Waals surface area contributed by atoms with E-state index in [0.29, 0.717) is 21.8 Å². The van der Waals surface area contributed by atoms with Crippen LogP contribution < -0.4 is 14.9 Å². The van der Waals surface area contributed by atoms with Crippen molar-refractivity contribution in [1.82, 2.24) is 0 Å². The van der Waals surface area contributed by atoms with E-state index in [1.807, 2.05) is 49.3 Å². The first-order chi connectivity index (χ1) is 17.1. The Morgan fingerprint density at radius 1 is 0.889 bits per heavy atom. The highest BCUT2D eigenvalue weighted by molar-refractivity contribution is 14.1. The van der Waals surface area contributed by atoms with Crippen molar-refractivity contribution in [3.05, 3.63) is 93.0 Å². The Kier molecular flexibility index (Phi) is 7.77. The van der Waals surface area contributed by atoms with E-state index in [1.165, 1.54) is 0 Å². The summed E-state index contributed by atoms with van der Waals surface area (Å²) in [6.45, 7) is 1.80. The van der Waals surface area contributed by atoms with Crippen LogP contribution in [-0.4, -0.2) is 28.4 Å². The van der Waals surface area contributed by atoms with Gasteiger partial charge in [0.2, 0.25) is 5.91 Å². The number of hydrogen-bond acceptors (Lipinski definition) is 4. The first-order valence-corrected chi connectivity index (χ1v) is 14.1. The minimum absolute atomic E-state index is 0.198. The van der Waals surface area contributed by atoms with Crippen LogP contribution >= 0.6 is 34.2 Å². The fourth-order valence-corrected chi connectivity index (χ4v) is 6.77. The lowest BCUT2D eigenvalue weighted by molar-refractivity contribution is -0.117.